The van der Waals surface area contributed by atoms with Crippen LogP contribution in [0.4, 0.5) is 0 Å². The summed E-state index contributed by atoms with van der Waals surface area (Å²) in [6.07, 6.45) is 3.57. The summed E-state index contributed by atoms with van der Waals surface area (Å²) >= 11 is 0. The van der Waals surface area contributed by atoms with E-state index in [2.05, 4.69) is 5.32 Å². The molecule has 10 heteroatoms. The van der Waals surface area contributed by atoms with E-state index in [4.69, 9.17) is 0 Å². The number of nitrogens with one attached hydrogen (secondary N) is 1. The van der Waals surface area contributed by atoms with Crippen molar-refractivity contribution in [3.8, 4) is 0 Å². The van der Waals surface area contributed by atoms with Crippen molar-refractivity contribution in [1.82, 2.24) is 8.61 Å². The molecule has 2 saturated heterocycles. The molecule has 31 heavy (non-hydrogen) atoms. The Bertz CT molecular complexity index is 938. The standard InChI is InChI=1S/C21H36N4O4S2/c1-19-6-7-21(20(2)18-19)31(28,29)25(15-14-23-10-4-3-5-11-23)16-17-30(26,27)24-12-8-22-9-13-24/h6-7,18,22H,3-5,8-17H2,1-2H3/p+2. The van der Waals surface area contributed by atoms with Crippen LogP contribution in [-0.2, 0) is 20.0 Å². The zero-order chi connectivity index (χ0) is 22.5. The maximum absolute atomic E-state index is 13.5. The van der Waals surface area contributed by atoms with Gasteiger partial charge in [0.05, 0.1) is 63.0 Å². The lowest BCUT2D eigenvalue weighted by Gasteiger charge is -2.29. The fraction of sp³-hybridized carbons (Fsp3) is 0.714. The Morgan fingerprint density at radius 3 is 2.32 bits per heavy atom. The van der Waals surface area contributed by atoms with Gasteiger partial charge < -0.3 is 10.2 Å². The molecule has 1 aromatic carbocycles. The van der Waals surface area contributed by atoms with Crippen molar-refractivity contribution in [3.63, 3.8) is 0 Å². The normalized spacial score (nSPS) is 19.7. The van der Waals surface area contributed by atoms with E-state index < -0.39 is 20.0 Å². The number of nitrogens with zero attached hydrogens (tertiary/aromatic N) is 2. The Kier molecular flexibility index (Phi) is 8.51. The third kappa shape index (κ3) is 6.49. The summed E-state index contributed by atoms with van der Waals surface area (Å²) in [5.41, 5.74) is 1.70. The molecule has 0 aliphatic carbocycles. The first-order valence-electron chi connectivity index (χ1n) is 11.4. The molecule has 0 bridgehead atoms. The van der Waals surface area contributed by atoms with Gasteiger partial charge in [-0.05, 0) is 44.7 Å². The third-order valence-electron chi connectivity index (χ3n) is 6.38. The third-order valence-corrected chi connectivity index (χ3v) is 10.3. The van der Waals surface area contributed by atoms with Crippen molar-refractivity contribution in [2.45, 2.75) is 38.0 Å². The quantitative estimate of drug-likeness (QED) is 0.459. The first-order valence-corrected chi connectivity index (χ1v) is 14.5. The summed E-state index contributed by atoms with van der Waals surface area (Å²) < 4.78 is 55.7. The molecule has 0 aromatic heterocycles. The van der Waals surface area contributed by atoms with Gasteiger partial charge in [-0.2, -0.15) is 8.61 Å². The molecular weight excluding hydrogens is 436 g/mol. The summed E-state index contributed by atoms with van der Waals surface area (Å²) in [6, 6.07) is 5.31. The van der Waals surface area contributed by atoms with Gasteiger partial charge in [0, 0.05) is 6.54 Å². The molecule has 0 unspecified atom stereocenters. The Morgan fingerprint density at radius 2 is 1.68 bits per heavy atom. The fourth-order valence-corrected chi connectivity index (χ4v) is 7.76. The molecule has 2 aliphatic rings. The van der Waals surface area contributed by atoms with Crippen molar-refractivity contribution in [2.75, 3.05) is 64.7 Å². The average Bonchev–Trinajstić information content (AvgIpc) is 2.74. The highest BCUT2D eigenvalue weighted by molar-refractivity contribution is 7.90. The number of aryl methyl sites for hydroxylation is 2. The molecule has 176 valence electrons. The summed E-state index contributed by atoms with van der Waals surface area (Å²) in [6.45, 7) is 9.37. The lowest BCUT2D eigenvalue weighted by Crippen LogP contribution is -3.13. The minimum absolute atomic E-state index is 0.00845. The van der Waals surface area contributed by atoms with E-state index in [1.807, 2.05) is 13.0 Å². The zero-order valence-corrected chi connectivity index (χ0v) is 20.5. The zero-order valence-electron chi connectivity index (χ0n) is 18.8. The van der Waals surface area contributed by atoms with Crippen molar-refractivity contribution < 1.29 is 27.1 Å². The Balaban J connectivity index is 1.77. The molecule has 2 fully saturated rings. The van der Waals surface area contributed by atoms with Gasteiger partial charge in [0.15, 0.2) is 0 Å². The second-order valence-electron chi connectivity index (χ2n) is 8.81. The van der Waals surface area contributed by atoms with E-state index in [1.54, 1.807) is 19.1 Å². The highest BCUT2D eigenvalue weighted by atomic mass is 32.2. The summed E-state index contributed by atoms with van der Waals surface area (Å²) in [5.74, 6) is -0.174. The number of piperazine rings is 1. The van der Waals surface area contributed by atoms with Crippen molar-refractivity contribution in [1.29, 1.82) is 0 Å². The van der Waals surface area contributed by atoms with Gasteiger partial charge in [0.2, 0.25) is 20.0 Å². The number of sulfonamides is 2. The molecule has 0 atom stereocenters. The van der Waals surface area contributed by atoms with E-state index >= 15 is 0 Å². The molecule has 0 radical (unpaired) electrons. The van der Waals surface area contributed by atoms with Crippen LogP contribution in [0.3, 0.4) is 0 Å². The topological polar surface area (TPSA) is 95.8 Å². The average molecular weight is 475 g/mol. The first kappa shape index (κ1) is 24.6. The first-order chi connectivity index (χ1) is 14.7. The van der Waals surface area contributed by atoms with Crippen molar-refractivity contribution >= 4 is 20.0 Å². The number of hydrogen-bond donors (Lipinski definition) is 2. The van der Waals surface area contributed by atoms with Crippen LogP contribution in [0, 0.1) is 13.8 Å². The van der Waals surface area contributed by atoms with Crippen LogP contribution < -0.4 is 10.2 Å². The molecule has 1 aromatic rings. The lowest BCUT2D eigenvalue weighted by atomic mass is 10.1. The monoisotopic (exact) mass is 474 g/mol. The maximum Gasteiger partial charge on any atom is 0.243 e. The van der Waals surface area contributed by atoms with Gasteiger partial charge >= 0.3 is 0 Å². The molecule has 2 heterocycles. The highest BCUT2D eigenvalue weighted by Crippen LogP contribution is 2.21. The molecule has 0 spiro atoms. The Hall–Kier alpha value is -1.04. The minimum atomic E-state index is -3.77. The molecule has 0 amide bonds. The SMILES string of the molecule is Cc1ccc(S(=O)(=O)N(CC[NH+]2CCCCC2)CCS(=O)(=O)N2CC[NH2+]CC2)c(C)c1. The van der Waals surface area contributed by atoms with Gasteiger partial charge in [-0.15, -0.1) is 0 Å². The molecule has 2 aliphatic heterocycles. The summed E-state index contributed by atoms with van der Waals surface area (Å²) in [5, 5.41) is 2.10. The van der Waals surface area contributed by atoms with Gasteiger partial charge in [0.25, 0.3) is 0 Å². The number of hydrogen-bond acceptors (Lipinski definition) is 4. The van der Waals surface area contributed by atoms with Crippen molar-refractivity contribution in [3.05, 3.63) is 29.3 Å². The maximum atomic E-state index is 13.5. The van der Waals surface area contributed by atoms with Gasteiger partial charge in [-0.3, -0.25) is 0 Å². The minimum Gasteiger partial charge on any atom is -0.344 e. The van der Waals surface area contributed by atoms with Crippen LogP contribution in [0.5, 0.6) is 0 Å². The highest BCUT2D eigenvalue weighted by Gasteiger charge is 2.31. The molecule has 3 rings (SSSR count). The van der Waals surface area contributed by atoms with Gasteiger partial charge in [0.1, 0.15) is 0 Å². The van der Waals surface area contributed by atoms with Crippen LogP contribution >= 0.6 is 0 Å². The number of nitrogens with two attached hydrogens (primary N) is 1. The molecule has 0 saturated carbocycles. The second-order valence-corrected chi connectivity index (χ2v) is 12.8. The van der Waals surface area contributed by atoms with Crippen molar-refractivity contribution in [2.24, 2.45) is 0 Å². The van der Waals surface area contributed by atoms with Crippen LogP contribution in [0.25, 0.3) is 0 Å². The van der Waals surface area contributed by atoms with Crippen LogP contribution in [-0.4, -0.2) is 90.1 Å². The van der Waals surface area contributed by atoms with Gasteiger partial charge in [-0.25, -0.2) is 16.8 Å². The summed E-state index contributed by atoms with van der Waals surface area (Å²) in [4.78, 5) is 1.68. The van der Waals surface area contributed by atoms with E-state index in [-0.39, 0.29) is 17.2 Å². The van der Waals surface area contributed by atoms with Gasteiger partial charge in [-0.1, -0.05) is 17.7 Å². The number of likely N-dealkylation sites (tertiary alicyclic amines) is 1. The summed E-state index contributed by atoms with van der Waals surface area (Å²) in [7, 11) is -7.25. The molecule has 3 N–H and O–H groups in total. The van der Waals surface area contributed by atoms with E-state index in [9.17, 15) is 16.8 Å². The van der Waals surface area contributed by atoms with E-state index in [1.165, 1.54) is 32.8 Å². The largest absolute Gasteiger partial charge is 0.344 e. The molecular formula is C21H38N4O4S2+2. The smallest absolute Gasteiger partial charge is 0.243 e. The predicted molar refractivity (Wildman–Crippen MR) is 121 cm³/mol. The van der Waals surface area contributed by atoms with Crippen LogP contribution in [0.2, 0.25) is 0 Å². The Labute approximate surface area is 187 Å². The number of rotatable bonds is 9. The number of benzene rings is 1. The number of quaternary nitrogens is 2. The molecule has 8 nitrogen and oxygen atoms in total. The number of piperidine rings is 1. The van der Waals surface area contributed by atoms with Crippen LogP contribution in [0.15, 0.2) is 23.1 Å². The van der Waals surface area contributed by atoms with Crippen LogP contribution in [0.1, 0.15) is 30.4 Å². The Morgan fingerprint density at radius 1 is 1.00 bits per heavy atom. The van der Waals surface area contributed by atoms with E-state index in [0.29, 0.717) is 31.7 Å². The van der Waals surface area contributed by atoms with E-state index in [0.717, 1.165) is 31.7 Å². The predicted octanol–water partition coefficient (Wildman–Crippen LogP) is -1.43. The lowest BCUT2D eigenvalue weighted by molar-refractivity contribution is -0.904. The fourth-order valence-electron chi connectivity index (χ4n) is 4.52. The second kappa shape index (κ2) is 10.7.